The molecule has 0 fully saturated rings. The van der Waals surface area contributed by atoms with Crippen molar-refractivity contribution in [3.63, 3.8) is 0 Å². The molecule has 0 unspecified atom stereocenters. The van der Waals surface area contributed by atoms with E-state index in [4.69, 9.17) is 9.72 Å². The van der Waals surface area contributed by atoms with Crippen molar-refractivity contribution in [1.82, 2.24) is 4.98 Å². The lowest BCUT2D eigenvalue weighted by atomic mass is 10.2. The number of hydrogen-bond donors (Lipinski definition) is 0. The van der Waals surface area contributed by atoms with Gasteiger partial charge in [0.2, 0.25) is 0 Å². The molecule has 0 spiro atoms. The van der Waals surface area contributed by atoms with Crippen LogP contribution in [-0.2, 0) is 6.61 Å². The van der Waals surface area contributed by atoms with E-state index in [9.17, 15) is 10.1 Å². The number of nitro benzene ring substituents is 1. The van der Waals surface area contributed by atoms with E-state index in [0.717, 1.165) is 32.1 Å². The van der Waals surface area contributed by atoms with Crippen molar-refractivity contribution < 1.29 is 9.66 Å². The summed E-state index contributed by atoms with van der Waals surface area (Å²) < 4.78 is 7.10. The van der Waals surface area contributed by atoms with Gasteiger partial charge in [-0.1, -0.05) is 24.3 Å². The molecule has 1 heterocycles. The SMILES string of the molecule is O=[N+]([O-])c1ccc(COc2ccccc2-c2nc3ccccc3s2)cc1. The van der Waals surface area contributed by atoms with Crippen molar-refractivity contribution in [2.75, 3.05) is 0 Å². The number of aromatic nitrogens is 1. The second-order valence-corrected chi connectivity index (χ2v) is 6.73. The lowest BCUT2D eigenvalue weighted by Crippen LogP contribution is -1.97. The lowest BCUT2D eigenvalue weighted by molar-refractivity contribution is -0.384. The van der Waals surface area contributed by atoms with Crippen LogP contribution in [-0.4, -0.2) is 9.91 Å². The quantitative estimate of drug-likeness (QED) is 0.350. The monoisotopic (exact) mass is 362 g/mol. The number of hydrogen-bond acceptors (Lipinski definition) is 5. The molecular formula is C20H14N2O3S. The predicted molar refractivity (Wildman–Crippen MR) is 102 cm³/mol. The molecule has 4 rings (SSSR count). The van der Waals surface area contributed by atoms with E-state index in [1.165, 1.54) is 12.1 Å². The van der Waals surface area contributed by atoms with Crippen LogP contribution in [0.15, 0.2) is 72.8 Å². The van der Waals surface area contributed by atoms with E-state index in [1.54, 1.807) is 23.5 Å². The van der Waals surface area contributed by atoms with E-state index in [1.807, 2.05) is 42.5 Å². The molecule has 0 aliphatic carbocycles. The van der Waals surface area contributed by atoms with Crippen LogP contribution in [0, 0.1) is 10.1 Å². The first-order valence-corrected chi connectivity index (χ1v) is 8.83. The molecule has 128 valence electrons. The molecule has 0 saturated heterocycles. The average molecular weight is 362 g/mol. The maximum atomic E-state index is 10.7. The van der Waals surface area contributed by atoms with Crippen LogP contribution in [0.3, 0.4) is 0 Å². The molecule has 0 saturated carbocycles. The summed E-state index contributed by atoms with van der Waals surface area (Å²) in [5.74, 6) is 0.741. The van der Waals surface area contributed by atoms with Crippen LogP contribution in [0.4, 0.5) is 5.69 Å². The van der Waals surface area contributed by atoms with Gasteiger partial charge in [-0.3, -0.25) is 10.1 Å². The molecule has 4 aromatic rings. The maximum absolute atomic E-state index is 10.7. The highest BCUT2D eigenvalue weighted by atomic mass is 32.1. The summed E-state index contributed by atoms with van der Waals surface area (Å²) in [6, 6.07) is 22.2. The Morgan fingerprint density at radius 1 is 0.962 bits per heavy atom. The van der Waals surface area contributed by atoms with Crippen molar-refractivity contribution >= 4 is 27.2 Å². The Labute approximate surface area is 153 Å². The predicted octanol–water partition coefficient (Wildman–Crippen LogP) is 5.45. The smallest absolute Gasteiger partial charge is 0.269 e. The van der Waals surface area contributed by atoms with Gasteiger partial charge in [-0.05, 0) is 42.0 Å². The van der Waals surface area contributed by atoms with Crippen molar-refractivity contribution in [3.8, 4) is 16.3 Å². The van der Waals surface area contributed by atoms with Gasteiger partial charge >= 0.3 is 0 Å². The summed E-state index contributed by atoms with van der Waals surface area (Å²) >= 11 is 1.63. The molecule has 6 heteroatoms. The van der Waals surface area contributed by atoms with Crippen molar-refractivity contribution in [2.45, 2.75) is 6.61 Å². The molecule has 0 aliphatic heterocycles. The fourth-order valence-electron chi connectivity index (χ4n) is 2.63. The van der Waals surface area contributed by atoms with Gasteiger partial charge in [0, 0.05) is 12.1 Å². The van der Waals surface area contributed by atoms with Gasteiger partial charge in [-0.25, -0.2) is 4.98 Å². The van der Waals surface area contributed by atoms with Gasteiger partial charge < -0.3 is 4.74 Å². The third kappa shape index (κ3) is 3.27. The Morgan fingerprint density at radius 3 is 2.46 bits per heavy atom. The molecule has 0 aliphatic rings. The van der Waals surface area contributed by atoms with Crippen LogP contribution in [0.5, 0.6) is 5.75 Å². The fraction of sp³-hybridized carbons (Fsp3) is 0.0500. The molecule has 0 atom stereocenters. The summed E-state index contributed by atoms with van der Waals surface area (Å²) in [7, 11) is 0. The minimum absolute atomic E-state index is 0.0728. The van der Waals surface area contributed by atoms with E-state index < -0.39 is 4.92 Å². The van der Waals surface area contributed by atoms with Gasteiger partial charge in [-0.15, -0.1) is 11.3 Å². The third-order valence-electron chi connectivity index (χ3n) is 3.95. The van der Waals surface area contributed by atoms with E-state index in [0.29, 0.717) is 6.61 Å². The lowest BCUT2D eigenvalue weighted by Gasteiger charge is -2.10. The highest BCUT2D eigenvalue weighted by molar-refractivity contribution is 7.21. The Balaban J connectivity index is 1.58. The topological polar surface area (TPSA) is 65.3 Å². The molecule has 0 N–H and O–H groups in total. The first-order chi connectivity index (χ1) is 12.7. The van der Waals surface area contributed by atoms with Crippen molar-refractivity contribution in [1.29, 1.82) is 0 Å². The van der Waals surface area contributed by atoms with E-state index in [-0.39, 0.29) is 5.69 Å². The zero-order valence-corrected chi connectivity index (χ0v) is 14.5. The minimum Gasteiger partial charge on any atom is -0.488 e. The largest absolute Gasteiger partial charge is 0.488 e. The summed E-state index contributed by atoms with van der Waals surface area (Å²) in [6.45, 7) is 0.333. The summed E-state index contributed by atoms with van der Waals surface area (Å²) in [5, 5.41) is 11.6. The molecule has 26 heavy (non-hydrogen) atoms. The number of nitro groups is 1. The molecular weight excluding hydrogens is 348 g/mol. The average Bonchev–Trinajstić information content (AvgIpc) is 3.11. The van der Waals surface area contributed by atoms with Crippen LogP contribution < -0.4 is 4.74 Å². The summed E-state index contributed by atoms with van der Waals surface area (Å²) in [5.41, 5.74) is 2.85. The highest BCUT2D eigenvalue weighted by Crippen LogP contribution is 2.35. The molecule has 0 radical (unpaired) electrons. The number of non-ortho nitro benzene ring substituents is 1. The number of nitrogens with zero attached hydrogens (tertiary/aromatic N) is 2. The minimum atomic E-state index is -0.410. The molecule has 0 bridgehead atoms. The fourth-order valence-corrected chi connectivity index (χ4v) is 3.63. The van der Waals surface area contributed by atoms with E-state index >= 15 is 0 Å². The maximum Gasteiger partial charge on any atom is 0.269 e. The third-order valence-corrected chi connectivity index (χ3v) is 5.02. The van der Waals surface area contributed by atoms with Crippen molar-refractivity contribution in [3.05, 3.63) is 88.5 Å². The number of fused-ring (bicyclic) bond motifs is 1. The number of thiazole rings is 1. The van der Waals surface area contributed by atoms with Gasteiger partial charge in [0.25, 0.3) is 5.69 Å². The van der Waals surface area contributed by atoms with Crippen LogP contribution >= 0.6 is 11.3 Å². The van der Waals surface area contributed by atoms with Gasteiger partial charge in [-0.2, -0.15) is 0 Å². The molecule has 3 aromatic carbocycles. The number of rotatable bonds is 5. The molecule has 1 aromatic heterocycles. The van der Waals surface area contributed by atoms with Crippen LogP contribution in [0.1, 0.15) is 5.56 Å². The normalized spacial score (nSPS) is 10.8. The van der Waals surface area contributed by atoms with Crippen LogP contribution in [0.25, 0.3) is 20.8 Å². The second kappa shape index (κ2) is 6.93. The number of ether oxygens (including phenoxy) is 1. The Kier molecular flexibility index (Phi) is 4.33. The summed E-state index contributed by atoms with van der Waals surface area (Å²) in [6.07, 6.45) is 0. The number of para-hydroxylation sites is 2. The Morgan fingerprint density at radius 2 is 1.69 bits per heavy atom. The summed E-state index contributed by atoms with van der Waals surface area (Å²) in [4.78, 5) is 15.0. The zero-order valence-electron chi connectivity index (χ0n) is 13.7. The molecule has 0 amide bonds. The van der Waals surface area contributed by atoms with E-state index in [2.05, 4.69) is 6.07 Å². The van der Waals surface area contributed by atoms with Gasteiger partial charge in [0.1, 0.15) is 17.4 Å². The standard InChI is InChI=1S/C20H14N2O3S/c23-22(24)15-11-9-14(10-12-15)13-25-18-7-3-1-5-16(18)20-21-17-6-2-4-8-19(17)26-20/h1-12H,13H2. The van der Waals surface area contributed by atoms with Gasteiger partial charge in [0.05, 0.1) is 20.7 Å². The number of benzene rings is 3. The molecule has 5 nitrogen and oxygen atoms in total. The van der Waals surface area contributed by atoms with Gasteiger partial charge in [0.15, 0.2) is 0 Å². The zero-order chi connectivity index (χ0) is 17.9. The first-order valence-electron chi connectivity index (χ1n) is 8.02. The Bertz CT molecular complexity index is 1040. The second-order valence-electron chi connectivity index (χ2n) is 5.70. The Hall–Kier alpha value is -3.25. The first kappa shape index (κ1) is 16.2. The van der Waals surface area contributed by atoms with Crippen molar-refractivity contribution in [2.24, 2.45) is 0 Å². The van der Waals surface area contributed by atoms with Crippen LogP contribution in [0.2, 0.25) is 0 Å². The highest BCUT2D eigenvalue weighted by Gasteiger charge is 2.11.